The lowest BCUT2D eigenvalue weighted by Gasteiger charge is -2.18. The summed E-state index contributed by atoms with van der Waals surface area (Å²) in [6.07, 6.45) is 0. The molecule has 0 amide bonds. The highest BCUT2D eigenvalue weighted by molar-refractivity contribution is 7.71. The molecule has 0 unspecified atom stereocenters. The zero-order valence-corrected chi connectivity index (χ0v) is 8.29. The zero-order chi connectivity index (χ0) is 9.19. The van der Waals surface area contributed by atoms with Gasteiger partial charge in [0.25, 0.3) is 0 Å². The van der Waals surface area contributed by atoms with Crippen molar-refractivity contribution in [1.82, 2.24) is 15.2 Å². The molecule has 68 valence electrons. The van der Waals surface area contributed by atoms with Gasteiger partial charge in [0.05, 0.1) is 5.60 Å². The first kappa shape index (κ1) is 9.41. The topological polar surface area (TPSA) is 53.7 Å². The second-order valence-electron chi connectivity index (χ2n) is 3.51. The molecule has 1 rings (SSSR count). The molecule has 4 nitrogen and oxygen atoms in total. The fourth-order valence-electron chi connectivity index (χ4n) is 0.657. The van der Waals surface area contributed by atoms with Crippen LogP contribution in [-0.4, -0.2) is 20.8 Å². The summed E-state index contributed by atoms with van der Waals surface area (Å²) >= 11 is 4.79. The molecule has 0 aliphatic carbocycles. The average molecular weight is 187 g/mol. The van der Waals surface area contributed by atoms with E-state index in [1.165, 1.54) is 0 Å². The molecule has 0 aromatic carbocycles. The SMILES string of the molecule is CC(C)(C)OCc1nc(=S)[nH][nH]1. The monoisotopic (exact) mass is 187 g/mol. The first-order valence-electron chi connectivity index (χ1n) is 3.75. The van der Waals surface area contributed by atoms with Gasteiger partial charge in [0.1, 0.15) is 12.4 Å². The van der Waals surface area contributed by atoms with E-state index in [9.17, 15) is 0 Å². The average Bonchev–Trinajstić information content (AvgIpc) is 2.30. The van der Waals surface area contributed by atoms with Crippen LogP contribution in [0.2, 0.25) is 0 Å². The molecular formula is C7H13N3OS. The van der Waals surface area contributed by atoms with E-state index in [0.717, 1.165) is 5.82 Å². The summed E-state index contributed by atoms with van der Waals surface area (Å²) in [4.78, 5) is 3.99. The van der Waals surface area contributed by atoms with Crippen molar-refractivity contribution in [2.75, 3.05) is 0 Å². The summed E-state index contributed by atoms with van der Waals surface area (Å²) in [6, 6.07) is 0. The largest absolute Gasteiger partial charge is 0.368 e. The minimum absolute atomic E-state index is 0.144. The van der Waals surface area contributed by atoms with Crippen LogP contribution in [0, 0.1) is 4.77 Å². The van der Waals surface area contributed by atoms with Crippen molar-refractivity contribution < 1.29 is 4.74 Å². The van der Waals surface area contributed by atoms with Crippen molar-refractivity contribution in [3.63, 3.8) is 0 Å². The summed E-state index contributed by atoms with van der Waals surface area (Å²) in [5, 5.41) is 5.52. The molecule has 0 aliphatic rings. The summed E-state index contributed by atoms with van der Waals surface area (Å²) in [6.45, 7) is 6.44. The van der Waals surface area contributed by atoms with E-state index in [0.29, 0.717) is 11.4 Å². The summed E-state index contributed by atoms with van der Waals surface area (Å²) < 4.78 is 5.93. The van der Waals surface area contributed by atoms with Gasteiger partial charge in [-0.15, -0.1) is 0 Å². The molecule has 0 saturated heterocycles. The van der Waals surface area contributed by atoms with Gasteiger partial charge in [0.15, 0.2) is 0 Å². The molecule has 5 heteroatoms. The molecule has 0 atom stereocenters. The lowest BCUT2D eigenvalue weighted by molar-refractivity contribution is -0.0180. The van der Waals surface area contributed by atoms with Crippen molar-refractivity contribution in [2.24, 2.45) is 0 Å². The number of nitrogens with zero attached hydrogens (tertiary/aromatic N) is 1. The van der Waals surface area contributed by atoms with Crippen molar-refractivity contribution >= 4 is 12.2 Å². The van der Waals surface area contributed by atoms with Crippen molar-refractivity contribution in [2.45, 2.75) is 33.0 Å². The van der Waals surface area contributed by atoms with Gasteiger partial charge in [0, 0.05) is 0 Å². The summed E-state index contributed by atoms with van der Waals surface area (Å²) in [5.74, 6) is 0.731. The molecule has 1 heterocycles. The van der Waals surface area contributed by atoms with Gasteiger partial charge in [-0.1, -0.05) is 0 Å². The number of H-pyrrole nitrogens is 2. The minimum atomic E-state index is -0.144. The van der Waals surface area contributed by atoms with Gasteiger partial charge in [-0.05, 0) is 33.0 Å². The number of nitrogens with one attached hydrogen (secondary N) is 2. The van der Waals surface area contributed by atoms with E-state index < -0.39 is 0 Å². The Bertz CT molecular complexity index is 296. The van der Waals surface area contributed by atoms with Crippen molar-refractivity contribution in [1.29, 1.82) is 0 Å². The van der Waals surface area contributed by atoms with Crippen LogP contribution in [0.1, 0.15) is 26.6 Å². The van der Waals surface area contributed by atoms with Crippen LogP contribution in [0.5, 0.6) is 0 Å². The quantitative estimate of drug-likeness (QED) is 0.694. The smallest absolute Gasteiger partial charge is 0.213 e. The van der Waals surface area contributed by atoms with E-state index in [4.69, 9.17) is 17.0 Å². The van der Waals surface area contributed by atoms with E-state index in [2.05, 4.69) is 15.2 Å². The van der Waals surface area contributed by atoms with Crippen LogP contribution in [0.25, 0.3) is 0 Å². The predicted molar refractivity (Wildman–Crippen MR) is 48.3 cm³/mol. The Morgan fingerprint density at radius 2 is 2.08 bits per heavy atom. The Morgan fingerprint density at radius 3 is 2.50 bits per heavy atom. The number of hydrogen-bond acceptors (Lipinski definition) is 3. The van der Waals surface area contributed by atoms with Gasteiger partial charge >= 0.3 is 0 Å². The fourth-order valence-corrected chi connectivity index (χ4v) is 0.819. The first-order chi connectivity index (χ1) is 5.47. The molecule has 0 radical (unpaired) electrons. The third-order valence-corrected chi connectivity index (χ3v) is 1.39. The normalized spacial score (nSPS) is 11.9. The van der Waals surface area contributed by atoms with Gasteiger partial charge in [-0.25, -0.2) is 4.98 Å². The molecule has 1 aromatic rings. The molecular weight excluding hydrogens is 174 g/mol. The van der Waals surface area contributed by atoms with Crippen LogP contribution in [0.15, 0.2) is 0 Å². The number of rotatable bonds is 2. The van der Waals surface area contributed by atoms with E-state index >= 15 is 0 Å². The highest BCUT2D eigenvalue weighted by Gasteiger charge is 2.10. The van der Waals surface area contributed by atoms with Gasteiger partial charge < -0.3 is 4.74 Å². The standard InChI is InChI=1S/C7H13N3OS/c1-7(2,3)11-4-5-8-6(12)10-9-5/h4H2,1-3H3,(H2,8,9,10,12). The molecule has 2 N–H and O–H groups in total. The van der Waals surface area contributed by atoms with Crippen molar-refractivity contribution in [3.05, 3.63) is 10.6 Å². The van der Waals surface area contributed by atoms with E-state index in [1.54, 1.807) is 0 Å². The Morgan fingerprint density at radius 1 is 1.42 bits per heavy atom. The van der Waals surface area contributed by atoms with E-state index in [-0.39, 0.29) is 5.60 Å². The lowest BCUT2D eigenvalue weighted by Crippen LogP contribution is -2.19. The van der Waals surface area contributed by atoms with Crippen LogP contribution < -0.4 is 0 Å². The minimum Gasteiger partial charge on any atom is -0.368 e. The number of hydrogen-bond donors (Lipinski definition) is 2. The Balaban J connectivity index is 2.49. The van der Waals surface area contributed by atoms with Gasteiger partial charge in [-0.2, -0.15) is 0 Å². The first-order valence-corrected chi connectivity index (χ1v) is 4.16. The number of aromatic amines is 2. The Hall–Kier alpha value is -0.680. The zero-order valence-electron chi connectivity index (χ0n) is 7.47. The maximum atomic E-state index is 5.47. The van der Waals surface area contributed by atoms with Crippen LogP contribution in [0.3, 0.4) is 0 Å². The number of ether oxygens (including phenoxy) is 1. The third kappa shape index (κ3) is 3.15. The summed E-state index contributed by atoms with van der Waals surface area (Å²) in [7, 11) is 0. The maximum absolute atomic E-state index is 5.47. The highest BCUT2D eigenvalue weighted by atomic mass is 32.1. The fraction of sp³-hybridized carbons (Fsp3) is 0.714. The maximum Gasteiger partial charge on any atom is 0.213 e. The molecule has 0 bridgehead atoms. The lowest BCUT2D eigenvalue weighted by atomic mass is 10.2. The van der Waals surface area contributed by atoms with Crippen LogP contribution in [0.4, 0.5) is 0 Å². The van der Waals surface area contributed by atoms with Gasteiger partial charge in [0.2, 0.25) is 4.77 Å². The molecule has 0 spiro atoms. The van der Waals surface area contributed by atoms with Crippen molar-refractivity contribution in [3.8, 4) is 0 Å². The molecule has 1 aromatic heterocycles. The third-order valence-electron chi connectivity index (χ3n) is 1.19. The molecule has 0 saturated carbocycles. The second kappa shape index (κ2) is 3.37. The van der Waals surface area contributed by atoms with Crippen LogP contribution in [-0.2, 0) is 11.3 Å². The highest BCUT2D eigenvalue weighted by Crippen LogP contribution is 2.08. The summed E-state index contributed by atoms with van der Waals surface area (Å²) in [5.41, 5.74) is -0.144. The molecule has 0 aliphatic heterocycles. The van der Waals surface area contributed by atoms with Gasteiger partial charge in [-0.3, -0.25) is 10.2 Å². The number of aromatic nitrogens is 3. The Kier molecular flexibility index (Phi) is 2.64. The Labute approximate surface area is 76.3 Å². The predicted octanol–water partition coefficient (Wildman–Crippen LogP) is 1.78. The second-order valence-corrected chi connectivity index (χ2v) is 3.90. The molecule has 12 heavy (non-hydrogen) atoms. The molecule has 0 fully saturated rings. The van der Waals surface area contributed by atoms with E-state index in [1.807, 2.05) is 20.8 Å². The van der Waals surface area contributed by atoms with Crippen LogP contribution >= 0.6 is 12.2 Å².